The van der Waals surface area contributed by atoms with Gasteiger partial charge >= 0.3 is 6.09 Å². The van der Waals surface area contributed by atoms with Gasteiger partial charge in [-0.2, -0.15) is 5.26 Å². The van der Waals surface area contributed by atoms with E-state index >= 15 is 0 Å². The van der Waals surface area contributed by atoms with E-state index in [4.69, 9.17) is 9.47 Å². The minimum atomic E-state index is -0.889. The van der Waals surface area contributed by atoms with Crippen molar-refractivity contribution in [1.82, 2.24) is 10.2 Å². The molecule has 0 saturated carbocycles. The number of carbonyl (C=O) groups excluding carboxylic acids is 2. The van der Waals surface area contributed by atoms with Gasteiger partial charge in [-0.05, 0) is 44.9 Å². The fraction of sp³-hybridized carbons (Fsp3) is 0.421. The molecule has 0 aromatic heterocycles. The van der Waals surface area contributed by atoms with E-state index in [1.54, 1.807) is 17.0 Å². The van der Waals surface area contributed by atoms with Crippen LogP contribution in [0.4, 0.5) is 4.79 Å². The number of benzene rings is 1. The lowest BCUT2D eigenvalue weighted by Gasteiger charge is -2.39. The van der Waals surface area contributed by atoms with E-state index < -0.39 is 11.7 Å². The van der Waals surface area contributed by atoms with Gasteiger partial charge in [0.05, 0.1) is 30.1 Å². The molecule has 0 atom stereocenters. The number of amides is 2. The number of rotatable bonds is 2. The lowest BCUT2D eigenvalue weighted by atomic mass is 9.90. The summed E-state index contributed by atoms with van der Waals surface area (Å²) in [4.78, 5) is 26.1. The van der Waals surface area contributed by atoms with Crippen molar-refractivity contribution in [3.63, 3.8) is 0 Å². The first kappa shape index (κ1) is 17.8. The zero-order valence-electron chi connectivity index (χ0n) is 15.3. The maximum absolute atomic E-state index is 12.5. The number of ether oxygens (including phenoxy) is 2. The molecule has 0 aliphatic carbocycles. The number of nitrogens with zero attached hydrogens (tertiary/aromatic N) is 2. The summed E-state index contributed by atoms with van der Waals surface area (Å²) in [7, 11) is 1.28. The van der Waals surface area contributed by atoms with Gasteiger partial charge in [-0.25, -0.2) is 4.79 Å². The Bertz CT molecular complexity index is 864. The van der Waals surface area contributed by atoms with E-state index in [0.717, 1.165) is 6.42 Å². The highest BCUT2D eigenvalue weighted by molar-refractivity contribution is 5.93. The number of likely N-dealkylation sites (tertiary alicyclic amines) is 1. The van der Waals surface area contributed by atoms with E-state index in [2.05, 4.69) is 11.4 Å². The van der Waals surface area contributed by atoms with Crippen molar-refractivity contribution < 1.29 is 19.1 Å². The zero-order valence-corrected chi connectivity index (χ0v) is 15.3. The number of nitriles is 1. The van der Waals surface area contributed by atoms with Crippen LogP contribution in [0.1, 0.15) is 43.4 Å². The van der Waals surface area contributed by atoms with Crippen molar-refractivity contribution in [3.8, 4) is 11.8 Å². The third kappa shape index (κ3) is 2.77. The minimum Gasteiger partial charge on any atom is -0.481 e. The molecule has 2 heterocycles. The Morgan fingerprint density at radius 1 is 1.42 bits per heavy atom. The van der Waals surface area contributed by atoms with Gasteiger partial charge in [0.25, 0.3) is 0 Å². The van der Waals surface area contributed by atoms with Gasteiger partial charge < -0.3 is 14.4 Å². The summed E-state index contributed by atoms with van der Waals surface area (Å²) in [6.45, 7) is 5.99. The minimum absolute atomic E-state index is 0.0189. The highest BCUT2D eigenvalue weighted by Gasteiger charge is 2.41. The van der Waals surface area contributed by atoms with E-state index in [9.17, 15) is 14.9 Å². The molecule has 136 valence electrons. The lowest BCUT2D eigenvalue weighted by molar-refractivity contribution is -0.125. The molecule has 1 saturated heterocycles. The Hall–Kier alpha value is -3.01. The fourth-order valence-corrected chi connectivity index (χ4v) is 3.44. The molecule has 0 bridgehead atoms. The zero-order chi connectivity index (χ0) is 19.1. The number of nitrogens with one attached hydrogen (secondary N) is 1. The van der Waals surface area contributed by atoms with Gasteiger partial charge in [0, 0.05) is 18.5 Å². The number of fused-ring (bicyclic) bond motifs is 1. The van der Waals surface area contributed by atoms with Crippen molar-refractivity contribution in [2.24, 2.45) is 0 Å². The third-order valence-electron chi connectivity index (χ3n) is 4.74. The number of methoxy groups -OCH3 is 1. The van der Waals surface area contributed by atoms with Crippen LogP contribution in [0.2, 0.25) is 0 Å². The molecule has 26 heavy (non-hydrogen) atoms. The maximum atomic E-state index is 12.5. The topological polar surface area (TPSA) is 91.7 Å². The summed E-state index contributed by atoms with van der Waals surface area (Å²) in [5.41, 5.74) is 2.00. The summed E-state index contributed by atoms with van der Waals surface area (Å²) < 4.78 is 10.9. The van der Waals surface area contributed by atoms with Gasteiger partial charge in [-0.3, -0.25) is 10.1 Å². The number of carbonyl (C=O) groups is 2. The van der Waals surface area contributed by atoms with Crippen molar-refractivity contribution >= 4 is 17.7 Å². The first-order chi connectivity index (χ1) is 12.3. The largest absolute Gasteiger partial charge is 0.481 e. The van der Waals surface area contributed by atoms with E-state index in [-0.39, 0.29) is 5.91 Å². The SMILES string of the molecule is COC(=O)NC1=C(N2CCCC2=O)c2c(ccc(C#N)c2C)OC1(C)C. The molecule has 2 amide bonds. The molecule has 7 heteroatoms. The molecule has 1 N–H and O–H groups in total. The molecular formula is C19H21N3O4. The molecule has 0 spiro atoms. The second kappa shape index (κ2) is 6.37. The molecular weight excluding hydrogens is 334 g/mol. The third-order valence-corrected chi connectivity index (χ3v) is 4.74. The highest BCUT2D eigenvalue weighted by atomic mass is 16.5. The molecule has 0 unspecified atom stereocenters. The van der Waals surface area contributed by atoms with Gasteiger partial charge in [-0.15, -0.1) is 0 Å². The monoisotopic (exact) mass is 355 g/mol. The Morgan fingerprint density at radius 3 is 2.73 bits per heavy atom. The van der Waals surface area contributed by atoms with E-state index in [0.29, 0.717) is 46.8 Å². The van der Waals surface area contributed by atoms with Crippen molar-refractivity contribution in [1.29, 1.82) is 5.26 Å². The van der Waals surface area contributed by atoms with Crippen LogP contribution in [-0.2, 0) is 9.53 Å². The molecule has 1 fully saturated rings. The van der Waals surface area contributed by atoms with Gasteiger partial charge in [0.15, 0.2) is 0 Å². The molecule has 1 aromatic carbocycles. The van der Waals surface area contributed by atoms with Crippen LogP contribution in [0.15, 0.2) is 17.8 Å². The Labute approximate surface area is 152 Å². The van der Waals surface area contributed by atoms with Crippen LogP contribution in [0.5, 0.6) is 5.75 Å². The van der Waals surface area contributed by atoms with Crippen LogP contribution in [-0.4, -0.2) is 36.2 Å². The molecule has 2 aliphatic heterocycles. The first-order valence-electron chi connectivity index (χ1n) is 8.43. The molecule has 0 radical (unpaired) electrons. The van der Waals surface area contributed by atoms with Gasteiger partial charge in [-0.1, -0.05) is 0 Å². The molecule has 1 aromatic rings. The second-order valence-electron chi connectivity index (χ2n) is 6.82. The number of hydrogen-bond acceptors (Lipinski definition) is 5. The summed E-state index contributed by atoms with van der Waals surface area (Å²) in [6, 6.07) is 5.60. The summed E-state index contributed by atoms with van der Waals surface area (Å²) >= 11 is 0. The second-order valence-corrected chi connectivity index (χ2v) is 6.82. The predicted molar refractivity (Wildman–Crippen MR) is 94.0 cm³/mol. The Balaban J connectivity index is 2.32. The summed E-state index contributed by atoms with van der Waals surface area (Å²) in [5, 5.41) is 12.1. The molecule has 7 nitrogen and oxygen atoms in total. The fourth-order valence-electron chi connectivity index (χ4n) is 3.44. The van der Waals surface area contributed by atoms with Crippen LogP contribution in [0, 0.1) is 18.3 Å². The summed E-state index contributed by atoms with van der Waals surface area (Å²) in [6.07, 6.45) is 0.544. The Morgan fingerprint density at radius 2 is 2.15 bits per heavy atom. The van der Waals surface area contributed by atoms with Crippen molar-refractivity contribution in [2.75, 3.05) is 13.7 Å². The van der Waals surface area contributed by atoms with E-state index in [1.807, 2.05) is 20.8 Å². The predicted octanol–water partition coefficient (Wildman–Crippen LogP) is 2.68. The number of alkyl carbamates (subject to hydrolysis) is 1. The standard InChI is InChI=1S/C19H21N3O4/c1-11-12(10-20)7-8-13-15(11)16(22-9-5-6-14(22)23)17(19(2,3)26-13)21-18(24)25-4/h7-8H,5-6,9H2,1-4H3,(H,21,24). The van der Waals surface area contributed by atoms with Gasteiger partial charge in [0.1, 0.15) is 11.4 Å². The van der Waals surface area contributed by atoms with Gasteiger partial charge in [0.2, 0.25) is 5.91 Å². The van der Waals surface area contributed by atoms with Crippen molar-refractivity contribution in [2.45, 2.75) is 39.2 Å². The first-order valence-corrected chi connectivity index (χ1v) is 8.43. The van der Waals surface area contributed by atoms with Crippen LogP contribution in [0.3, 0.4) is 0 Å². The summed E-state index contributed by atoms with van der Waals surface area (Å²) in [5.74, 6) is 0.561. The molecule has 2 aliphatic rings. The van der Waals surface area contributed by atoms with Crippen molar-refractivity contribution in [3.05, 3.63) is 34.5 Å². The highest BCUT2D eigenvalue weighted by Crippen LogP contribution is 2.44. The molecule has 3 rings (SSSR count). The average Bonchev–Trinajstić information content (AvgIpc) is 3.01. The van der Waals surface area contributed by atoms with Crippen LogP contribution >= 0.6 is 0 Å². The maximum Gasteiger partial charge on any atom is 0.411 e. The van der Waals surface area contributed by atoms with Crippen LogP contribution in [0.25, 0.3) is 5.70 Å². The quantitative estimate of drug-likeness (QED) is 0.881. The normalized spacial score (nSPS) is 18.1. The average molecular weight is 355 g/mol. The lowest BCUT2D eigenvalue weighted by Crippen LogP contribution is -2.46. The van der Waals surface area contributed by atoms with Crippen LogP contribution < -0.4 is 10.1 Å². The smallest absolute Gasteiger partial charge is 0.411 e. The number of hydrogen-bond donors (Lipinski definition) is 1. The Kier molecular flexibility index (Phi) is 4.36. The van der Waals surface area contributed by atoms with E-state index in [1.165, 1.54) is 7.11 Å².